The molecule has 2 heterocycles. The summed E-state index contributed by atoms with van der Waals surface area (Å²) in [7, 11) is 0. The SMILES string of the molecule is O=C(O)[C@@H]1[C@H](C(=O)Nc2cc(C(F)(F)F)ccc2Cl)[C@H]2C=C[C@@H]1O2. The number of carbonyl (C=O) groups is 2. The third-order valence-corrected chi connectivity index (χ3v) is 4.37. The fourth-order valence-electron chi connectivity index (χ4n) is 2.93. The van der Waals surface area contributed by atoms with Gasteiger partial charge in [-0.1, -0.05) is 23.8 Å². The second-order valence-electron chi connectivity index (χ2n) is 5.52. The average Bonchev–Trinajstić information content (AvgIpc) is 3.08. The summed E-state index contributed by atoms with van der Waals surface area (Å²) >= 11 is 5.83. The molecule has 1 saturated heterocycles. The van der Waals surface area contributed by atoms with E-state index in [1.165, 1.54) is 0 Å². The first-order valence-electron chi connectivity index (χ1n) is 6.92. The maximum atomic E-state index is 12.8. The molecule has 0 aromatic heterocycles. The number of ether oxygens (including phenoxy) is 1. The lowest BCUT2D eigenvalue weighted by Crippen LogP contribution is -2.39. The zero-order valence-corrected chi connectivity index (χ0v) is 12.6. The van der Waals surface area contributed by atoms with Gasteiger partial charge in [-0.3, -0.25) is 9.59 Å². The number of fused-ring (bicyclic) bond motifs is 2. The highest BCUT2D eigenvalue weighted by atomic mass is 35.5. The normalized spacial score (nSPS) is 28.2. The van der Waals surface area contributed by atoms with Crippen molar-refractivity contribution in [3.8, 4) is 0 Å². The summed E-state index contributed by atoms with van der Waals surface area (Å²) in [5.41, 5.74) is -1.20. The molecule has 4 atom stereocenters. The molecule has 0 spiro atoms. The van der Waals surface area contributed by atoms with Gasteiger partial charge in [0.05, 0.1) is 34.4 Å². The Hall–Kier alpha value is -2.06. The molecule has 5 nitrogen and oxygen atoms in total. The van der Waals surface area contributed by atoms with Crippen molar-refractivity contribution >= 4 is 29.2 Å². The molecule has 2 N–H and O–H groups in total. The van der Waals surface area contributed by atoms with E-state index in [1.54, 1.807) is 12.2 Å². The number of alkyl halides is 3. The number of aliphatic carboxylic acids is 1. The molecule has 0 unspecified atom stereocenters. The molecule has 128 valence electrons. The van der Waals surface area contributed by atoms with Gasteiger partial charge in [0.2, 0.25) is 5.91 Å². The highest BCUT2D eigenvalue weighted by Gasteiger charge is 2.53. The lowest BCUT2D eigenvalue weighted by atomic mass is 9.82. The van der Waals surface area contributed by atoms with Gasteiger partial charge in [-0.05, 0) is 18.2 Å². The van der Waals surface area contributed by atoms with Crippen LogP contribution in [0, 0.1) is 11.8 Å². The van der Waals surface area contributed by atoms with Gasteiger partial charge in [-0.25, -0.2) is 0 Å². The summed E-state index contributed by atoms with van der Waals surface area (Å²) in [6.45, 7) is 0. The van der Waals surface area contributed by atoms with Crippen LogP contribution in [0.1, 0.15) is 5.56 Å². The van der Waals surface area contributed by atoms with Crippen LogP contribution < -0.4 is 5.32 Å². The summed E-state index contributed by atoms with van der Waals surface area (Å²) in [6, 6.07) is 2.52. The predicted octanol–water partition coefficient (Wildman–Crippen LogP) is 2.95. The van der Waals surface area contributed by atoms with Crippen LogP contribution in [0.5, 0.6) is 0 Å². The van der Waals surface area contributed by atoms with E-state index < -0.39 is 47.7 Å². The van der Waals surface area contributed by atoms with Crippen LogP contribution >= 0.6 is 11.6 Å². The van der Waals surface area contributed by atoms with Crippen LogP contribution in [-0.2, 0) is 20.5 Å². The first-order chi connectivity index (χ1) is 11.2. The fourth-order valence-corrected chi connectivity index (χ4v) is 3.09. The molecule has 1 aromatic carbocycles. The Morgan fingerprint density at radius 1 is 1.17 bits per heavy atom. The van der Waals surface area contributed by atoms with Crippen molar-refractivity contribution in [1.82, 2.24) is 0 Å². The van der Waals surface area contributed by atoms with E-state index in [0.29, 0.717) is 6.07 Å². The van der Waals surface area contributed by atoms with Crippen LogP contribution in [-0.4, -0.2) is 29.2 Å². The van der Waals surface area contributed by atoms with Crippen molar-refractivity contribution in [3.63, 3.8) is 0 Å². The minimum Gasteiger partial charge on any atom is -0.481 e. The number of carbonyl (C=O) groups excluding carboxylic acids is 1. The monoisotopic (exact) mass is 361 g/mol. The topological polar surface area (TPSA) is 75.6 Å². The zero-order valence-electron chi connectivity index (χ0n) is 11.9. The Morgan fingerprint density at radius 2 is 1.79 bits per heavy atom. The number of hydrogen-bond donors (Lipinski definition) is 2. The summed E-state index contributed by atoms with van der Waals surface area (Å²) in [5, 5.41) is 11.5. The van der Waals surface area contributed by atoms with Crippen molar-refractivity contribution in [2.75, 3.05) is 5.32 Å². The summed E-state index contributed by atoms with van der Waals surface area (Å²) < 4.78 is 43.7. The molecule has 1 amide bonds. The maximum absolute atomic E-state index is 12.8. The molecule has 2 aliphatic heterocycles. The second kappa shape index (κ2) is 5.78. The largest absolute Gasteiger partial charge is 0.481 e. The maximum Gasteiger partial charge on any atom is 0.416 e. The number of carboxylic acids is 1. The lowest BCUT2D eigenvalue weighted by Gasteiger charge is -2.21. The zero-order chi connectivity index (χ0) is 17.6. The van der Waals surface area contributed by atoms with E-state index in [2.05, 4.69) is 5.32 Å². The van der Waals surface area contributed by atoms with Crippen LogP contribution in [0.15, 0.2) is 30.4 Å². The lowest BCUT2D eigenvalue weighted by molar-refractivity contribution is -0.145. The summed E-state index contributed by atoms with van der Waals surface area (Å²) in [6.07, 6.45) is -2.90. The first-order valence-corrected chi connectivity index (χ1v) is 7.30. The van der Waals surface area contributed by atoms with Crippen molar-refractivity contribution in [2.24, 2.45) is 11.8 Å². The number of rotatable bonds is 3. The number of anilines is 1. The number of nitrogens with one attached hydrogen (secondary N) is 1. The number of benzene rings is 1. The van der Waals surface area contributed by atoms with Gasteiger partial charge in [0.25, 0.3) is 0 Å². The molecular weight excluding hydrogens is 351 g/mol. The molecule has 0 saturated carbocycles. The molecule has 9 heteroatoms. The van der Waals surface area contributed by atoms with Gasteiger partial charge in [-0.15, -0.1) is 0 Å². The Kier molecular flexibility index (Phi) is 4.05. The number of hydrogen-bond acceptors (Lipinski definition) is 3. The quantitative estimate of drug-likeness (QED) is 0.812. The van der Waals surface area contributed by atoms with Gasteiger partial charge in [0, 0.05) is 0 Å². The third kappa shape index (κ3) is 2.87. The highest BCUT2D eigenvalue weighted by Crippen LogP contribution is 2.40. The molecule has 0 aliphatic carbocycles. The van der Waals surface area contributed by atoms with E-state index in [1.807, 2.05) is 0 Å². The minimum absolute atomic E-state index is 0.0807. The average molecular weight is 362 g/mol. The van der Waals surface area contributed by atoms with Crippen LogP contribution in [0.3, 0.4) is 0 Å². The van der Waals surface area contributed by atoms with Crippen LogP contribution in [0.25, 0.3) is 0 Å². The second-order valence-corrected chi connectivity index (χ2v) is 5.93. The van der Waals surface area contributed by atoms with Gasteiger partial charge in [0.15, 0.2) is 0 Å². The molecule has 3 rings (SSSR count). The molecule has 24 heavy (non-hydrogen) atoms. The van der Waals surface area contributed by atoms with Crippen molar-refractivity contribution in [1.29, 1.82) is 0 Å². The van der Waals surface area contributed by atoms with E-state index in [0.717, 1.165) is 12.1 Å². The fraction of sp³-hybridized carbons (Fsp3) is 0.333. The number of halogens is 4. The standard InChI is InChI=1S/C15H11ClF3NO4/c16-7-2-1-6(15(17,18)19)5-8(7)20-13(21)11-9-3-4-10(24-9)12(11)14(22)23/h1-5,9-12H,(H,20,21)(H,22,23)/t9-,10+,11-,12+/m1/s1. The summed E-state index contributed by atoms with van der Waals surface area (Å²) in [4.78, 5) is 23.7. The van der Waals surface area contributed by atoms with Crippen LogP contribution in [0.2, 0.25) is 5.02 Å². The predicted molar refractivity (Wildman–Crippen MR) is 77.5 cm³/mol. The molecule has 1 fully saturated rings. The Labute approximate surface area is 139 Å². The smallest absolute Gasteiger partial charge is 0.416 e. The van der Waals surface area contributed by atoms with E-state index >= 15 is 0 Å². The van der Waals surface area contributed by atoms with Gasteiger partial charge < -0.3 is 15.2 Å². The molecule has 0 radical (unpaired) electrons. The van der Waals surface area contributed by atoms with Crippen molar-refractivity contribution in [3.05, 3.63) is 40.9 Å². The molecule has 1 aromatic rings. The highest BCUT2D eigenvalue weighted by molar-refractivity contribution is 6.33. The molecule has 2 bridgehead atoms. The molecule has 2 aliphatic rings. The minimum atomic E-state index is -4.59. The van der Waals surface area contributed by atoms with E-state index in [4.69, 9.17) is 16.3 Å². The van der Waals surface area contributed by atoms with Crippen molar-refractivity contribution < 1.29 is 32.6 Å². The van der Waals surface area contributed by atoms with Gasteiger partial charge >= 0.3 is 12.1 Å². The number of amides is 1. The van der Waals surface area contributed by atoms with Gasteiger partial charge in [-0.2, -0.15) is 13.2 Å². The Balaban J connectivity index is 1.85. The van der Waals surface area contributed by atoms with Crippen molar-refractivity contribution in [2.45, 2.75) is 18.4 Å². The first kappa shape index (κ1) is 16.8. The number of carboxylic acid groups (broad SMARTS) is 1. The van der Waals surface area contributed by atoms with E-state index in [9.17, 15) is 27.9 Å². The third-order valence-electron chi connectivity index (χ3n) is 4.04. The molecular formula is C15H11ClF3NO4. The summed E-state index contributed by atoms with van der Waals surface area (Å²) in [5.74, 6) is -4.09. The van der Waals surface area contributed by atoms with Gasteiger partial charge in [0.1, 0.15) is 5.92 Å². The van der Waals surface area contributed by atoms with E-state index in [-0.39, 0.29) is 10.7 Å². The Bertz CT molecular complexity index is 734. The Morgan fingerprint density at radius 3 is 2.38 bits per heavy atom. The van der Waals surface area contributed by atoms with Crippen LogP contribution in [0.4, 0.5) is 18.9 Å².